The van der Waals surface area contributed by atoms with Gasteiger partial charge in [-0.25, -0.2) is 4.98 Å². The van der Waals surface area contributed by atoms with Crippen molar-refractivity contribution in [3.63, 3.8) is 0 Å². The van der Waals surface area contributed by atoms with E-state index in [1.54, 1.807) is 12.3 Å². The summed E-state index contributed by atoms with van der Waals surface area (Å²) >= 11 is 0. The first-order chi connectivity index (χ1) is 7.31. The zero-order valence-electron chi connectivity index (χ0n) is 8.31. The molecule has 0 atom stereocenters. The van der Waals surface area contributed by atoms with Crippen LogP contribution in [0.1, 0.15) is 5.56 Å². The van der Waals surface area contributed by atoms with E-state index < -0.39 is 0 Å². The first-order valence-electron chi connectivity index (χ1n) is 4.79. The molecule has 1 fully saturated rings. The zero-order valence-corrected chi connectivity index (χ0v) is 8.31. The fraction of sp³-hybridized carbons (Fsp3) is 0.400. The van der Waals surface area contributed by atoms with Gasteiger partial charge < -0.3 is 15.4 Å². The molecule has 5 heteroatoms. The number of hydrogen-bond donors (Lipinski definition) is 1. The first-order valence-corrected chi connectivity index (χ1v) is 4.79. The molecule has 1 aliphatic rings. The standard InChI is InChI=1S/C10H12N4O/c11-6-8-5-9(12)10(13-7-8)14-1-3-15-4-2-14/h5,7H,1-4,12H2. The van der Waals surface area contributed by atoms with Crippen molar-refractivity contribution in [2.75, 3.05) is 36.9 Å². The monoisotopic (exact) mass is 204 g/mol. The molecule has 0 bridgehead atoms. The molecule has 0 spiro atoms. The highest BCUT2D eigenvalue weighted by Gasteiger charge is 2.14. The second kappa shape index (κ2) is 4.15. The van der Waals surface area contributed by atoms with E-state index >= 15 is 0 Å². The summed E-state index contributed by atoms with van der Waals surface area (Å²) in [4.78, 5) is 6.27. The molecule has 5 nitrogen and oxygen atoms in total. The average Bonchev–Trinajstić information content (AvgIpc) is 2.30. The quantitative estimate of drug-likeness (QED) is 0.715. The molecule has 0 aromatic carbocycles. The van der Waals surface area contributed by atoms with Crippen molar-refractivity contribution < 1.29 is 4.74 Å². The SMILES string of the molecule is N#Cc1cnc(N2CCOCC2)c(N)c1. The largest absolute Gasteiger partial charge is 0.396 e. The first kappa shape index (κ1) is 9.74. The Morgan fingerprint density at radius 2 is 2.20 bits per heavy atom. The highest BCUT2D eigenvalue weighted by atomic mass is 16.5. The summed E-state index contributed by atoms with van der Waals surface area (Å²) in [7, 11) is 0. The van der Waals surface area contributed by atoms with Gasteiger partial charge in [-0.2, -0.15) is 5.26 Å². The maximum atomic E-state index is 8.68. The molecule has 0 amide bonds. The van der Waals surface area contributed by atoms with Gasteiger partial charge in [0.1, 0.15) is 6.07 Å². The van der Waals surface area contributed by atoms with Gasteiger partial charge >= 0.3 is 0 Å². The van der Waals surface area contributed by atoms with Crippen LogP contribution in [0.3, 0.4) is 0 Å². The minimum atomic E-state index is 0.490. The van der Waals surface area contributed by atoms with Gasteiger partial charge in [-0.3, -0.25) is 0 Å². The van der Waals surface area contributed by atoms with Crippen molar-refractivity contribution in [2.45, 2.75) is 0 Å². The third-order valence-corrected chi connectivity index (χ3v) is 2.33. The topological polar surface area (TPSA) is 75.2 Å². The lowest BCUT2D eigenvalue weighted by molar-refractivity contribution is 0.122. The number of nitrogens with two attached hydrogens (primary N) is 1. The van der Waals surface area contributed by atoms with Crippen molar-refractivity contribution in [3.8, 4) is 6.07 Å². The van der Waals surface area contributed by atoms with E-state index in [1.165, 1.54) is 0 Å². The number of nitrogen functional groups attached to an aromatic ring is 1. The van der Waals surface area contributed by atoms with E-state index in [-0.39, 0.29) is 0 Å². The molecule has 0 saturated carbocycles. The lowest BCUT2D eigenvalue weighted by atomic mass is 10.2. The molecule has 78 valence electrons. The minimum Gasteiger partial charge on any atom is -0.396 e. The molecule has 2 N–H and O–H groups in total. The Morgan fingerprint density at radius 1 is 1.47 bits per heavy atom. The summed E-state index contributed by atoms with van der Waals surface area (Å²) in [6, 6.07) is 3.66. The molecule has 0 aliphatic carbocycles. The van der Waals surface area contributed by atoms with E-state index in [9.17, 15) is 0 Å². The Balaban J connectivity index is 2.24. The lowest BCUT2D eigenvalue weighted by Crippen LogP contribution is -2.37. The van der Waals surface area contributed by atoms with Crippen molar-refractivity contribution in [1.82, 2.24) is 4.98 Å². The smallest absolute Gasteiger partial charge is 0.152 e. The van der Waals surface area contributed by atoms with E-state index in [0.29, 0.717) is 24.5 Å². The summed E-state index contributed by atoms with van der Waals surface area (Å²) in [5, 5.41) is 8.68. The van der Waals surface area contributed by atoms with Crippen LogP contribution in [-0.4, -0.2) is 31.3 Å². The summed E-state index contributed by atoms with van der Waals surface area (Å²) < 4.78 is 5.24. The molecular formula is C10H12N4O. The Kier molecular flexibility index (Phi) is 2.70. The molecule has 1 saturated heterocycles. The van der Waals surface area contributed by atoms with E-state index in [4.69, 9.17) is 15.7 Å². The third kappa shape index (κ3) is 2.00. The Morgan fingerprint density at radius 3 is 2.80 bits per heavy atom. The number of anilines is 2. The summed E-state index contributed by atoms with van der Waals surface area (Å²) in [5.74, 6) is 0.748. The fourth-order valence-corrected chi connectivity index (χ4v) is 1.58. The maximum Gasteiger partial charge on any atom is 0.152 e. The van der Waals surface area contributed by atoms with Crippen LogP contribution in [0.15, 0.2) is 12.3 Å². The van der Waals surface area contributed by atoms with Gasteiger partial charge in [-0.15, -0.1) is 0 Å². The van der Waals surface area contributed by atoms with Crippen molar-refractivity contribution in [1.29, 1.82) is 5.26 Å². The van der Waals surface area contributed by atoms with Gasteiger partial charge in [-0.05, 0) is 6.07 Å². The molecule has 15 heavy (non-hydrogen) atoms. The lowest BCUT2D eigenvalue weighted by Gasteiger charge is -2.28. The van der Waals surface area contributed by atoms with E-state index in [2.05, 4.69) is 9.88 Å². The predicted molar refractivity (Wildman–Crippen MR) is 56.4 cm³/mol. The summed E-state index contributed by atoms with van der Waals surface area (Å²) in [5.41, 5.74) is 6.87. The molecule has 0 unspecified atom stereocenters. The summed E-state index contributed by atoms with van der Waals surface area (Å²) in [6.07, 6.45) is 1.54. The average molecular weight is 204 g/mol. The number of hydrogen-bond acceptors (Lipinski definition) is 5. The Labute approximate surface area is 88.1 Å². The van der Waals surface area contributed by atoms with Gasteiger partial charge in [-0.1, -0.05) is 0 Å². The predicted octanol–water partition coefficient (Wildman–Crippen LogP) is 0.372. The maximum absolute atomic E-state index is 8.68. The highest BCUT2D eigenvalue weighted by Crippen LogP contribution is 2.21. The van der Waals surface area contributed by atoms with Gasteiger partial charge in [0.15, 0.2) is 5.82 Å². The van der Waals surface area contributed by atoms with Crippen molar-refractivity contribution in [3.05, 3.63) is 17.8 Å². The van der Waals surface area contributed by atoms with Crippen LogP contribution in [0.5, 0.6) is 0 Å². The van der Waals surface area contributed by atoms with E-state index in [1.807, 2.05) is 6.07 Å². The molecular weight excluding hydrogens is 192 g/mol. The van der Waals surface area contributed by atoms with Crippen LogP contribution in [-0.2, 0) is 4.74 Å². The normalized spacial score (nSPS) is 16.1. The van der Waals surface area contributed by atoms with Crippen LogP contribution >= 0.6 is 0 Å². The van der Waals surface area contributed by atoms with Crippen molar-refractivity contribution >= 4 is 11.5 Å². The second-order valence-corrected chi connectivity index (χ2v) is 3.35. The Bertz CT molecular complexity index is 393. The molecule has 1 aliphatic heterocycles. The van der Waals surface area contributed by atoms with E-state index in [0.717, 1.165) is 18.9 Å². The van der Waals surface area contributed by atoms with Gasteiger partial charge in [0.2, 0.25) is 0 Å². The highest BCUT2D eigenvalue weighted by molar-refractivity contribution is 5.64. The molecule has 0 radical (unpaired) electrons. The number of rotatable bonds is 1. The van der Waals surface area contributed by atoms with Crippen LogP contribution in [0, 0.1) is 11.3 Å². The number of nitrogens with zero attached hydrogens (tertiary/aromatic N) is 3. The molecule has 1 aromatic rings. The third-order valence-electron chi connectivity index (χ3n) is 2.33. The van der Waals surface area contributed by atoms with Crippen LogP contribution in [0.25, 0.3) is 0 Å². The second-order valence-electron chi connectivity index (χ2n) is 3.35. The zero-order chi connectivity index (χ0) is 10.7. The summed E-state index contributed by atoms with van der Waals surface area (Å²) in [6.45, 7) is 2.98. The number of aromatic nitrogens is 1. The minimum absolute atomic E-state index is 0.490. The molecule has 2 heterocycles. The van der Waals surface area contributed by atoms with Crippen LogP contribution in [0.4, 0.5) is 11.5 Å². The number of morpholine rings is 1. The van der Waals surface area contributed by atoms with Gasteiger partial charge in [0.05, 0.1) is 24.5 Å². The van der Waals surface area contributed by atoms with Gasteiger partial charge in [0, 0.05) is 19.3 Å². The van der Waals surface area contributed by atoms with Crippen LogP contribution in [0.2, 0.25) is 0 Å². The van der Waals surface area contributed by atoms with Crippen molar-refractivity contribution in [2.24, 2.45) is 0 Å². The van der Waals surface area contributed by atoms with Crippen LogP contribution < -0.4 is 10.6 Å². The number of nitriles is 1. The molecule has 2 rings (SSSR count). The van der Waals surface area contributed by atoms with Gasteiger partial charge in [0.25, 0.3) is 0 Å². The molecule has 1 aromatic heterocycles. The fourth-order valence-electron chi connectivity index (χ4n) is 1.58. The number of ether oxygens (including phenoxy) is 1. The Hall–Kier alpha value is -1.80. The number of pyridine rings is 1.